The molecule has 1 aliphatic heterocycles. The molecule has 23 heavy (non-hydrogen) atoms. The highest BCUT2D eigenvalue weighted by atomic mass is 79.9. The lowest BCUT2D eigenvalue weighted by Gasteiger charge is -2.34. The minimum atomic E-state index is -0.735. The number of amides is 2. The maximum absolute atomic E-state index is 12.9. The summed E-state index contributed by atoms with van der Waals surface area (Å²) >= 11 is 3.40. The molecular weight excluding hydrogens is 360 g/mol. The standard InChI is InChI=1S/C17H15BrN2O3/c1-19-16(21)15-10-20(13-8-4-5-9-14(13)23-15)17(22)11-6-2-3-7-12(11)18/h2-9,15H,10H2,1H3,(H,19,21)/t15-/m1/s1. The molecule has 0 fully saturated rings. The van der Waals surface area contributed by atoms with Crippen LogP contribution in [-0.4, -0.2) is 31.5 Å². The minimum absolute atomic E-state index is 0.164. The molecule has 2 aromatic carbocycles. The van der Waals surface area contributed by atoms with Gasteiger partial charge in [-0.3, -0.25) is 9.59 Å². The SMILES string of the molecule is CNC(=O)[C@H]1CN(C(=O)c2ccccc2Br)c2ccccc2O1. The maximum Gasteiger partial charge on any atom is 0.262 e. The van der Waals surface area contributed by atoms with Gasteiger partial charge in [0.05, 0.1) is 17.8 Å². The zero-order chi connectivity index (χ0) is 16.4. The molecule has 0 radical (unpaired) electrons. The van der Waals surface area contributed by atoms with E-state index in [4.69, 9.17) is 4.74 Å². The van der Waals surface area contributed by atoms with E-state index in [1.165, 1.54) is 0 Å². The van der Waals surface area contributed by atoms with Crippen LogP contribution in [0.25, 0.3) is 0 Å². The molecule has 1 aliphatic rings. The maximum atomic E-state index is 12.9. The van der Waals surface area contributed by atoms with Gasteiger partial charge < -0.3 is 15.0 Å². The Kier molecular flexibility index (Phi) is 4.34. The highest BCUT2D eigenvalue weighted by molar-refractivity contribution is 9.10. The smallest absolute Gasteiger partial charge is 0.262 e. The molecule has 0 saturated carbocycles. The van der Waals surface area contributed by atoms with Gasteiger partial charge in [0.15, 0.2) is 6.10 Å². The normalized spacial score (nSPS) is 16.3. The molecule has 1 N–H and O–H groups in total. The minimum Gasteiger partial charge on any atom is -0.477 e. The van der Waals surface area contributed by atoms with Crippen molar-refractivity contribution in [2.24, 2.45) is 0 Å². The van der Waals surface area contributed by atoms with Crippen molar-refractivity contribution in [1.29, 1.82) is 0 Å². The van der Waals surface area contributed by atoms with E-state index in [-0.39, 0.29) is 18.4 Å². The van der Waals surface area contributed by atoms with Crippen molar-refractivity contribution in [3.05, 3.63) is 58.6 Å². The summed E-state index contributed by atoms with van der Waals surface area (Å²) in [6.07, 6.45) is -0.735. The van der Waals surface area contributed by atoms with Gasteiger partial charge in [0, 0.05) is 11.5 Å². The summed E-state index contributed by atoms with van der Waals surface area (Å²) in [6.45, 7) is 0.164. The molecule has 3 rings (SSSR count). The molecule has 6 heteroatoms. The van der Waals surface area contributed by atoms with Gasteiger partial charge in [-0.1, -0.05) is 24.3 Å². The fraction of sp³-hybridized carbons (Fsp3) is 0.176. The molecule has 0 saturated heterocycles. The summed E-state index contributed by atoms with van der Waals surface area (Å²) in [6, 6.07) is 14.4. The number of para-hydroxylation sites is 2. The highest BCUT2D eigenvalue weighted by Crippen LogP contribution is 2.34. The van der Waals surface area contributed by atoms with E-state index < -0.39 is 6.10 Å². The van der Waals surface area contributed by atoms with Crippen LogP contribution in [0.1, 0.15) is 10.4 Å². The number of carbonyl (C=O) groups excluding carboxylic acids is 2. The van der Waals surface area contributed by atoms with Gasteiger partial charge in [0.25, 0.3) is 11.8 Å². The molecule has 2 amide bonds. The summed E-state index contributed by atoms with van der Waals surface area (Å²) in [4.78, 5) is 26.5. The third kappa shape index (κ3) is 2.94. The van der Waals surface area contributed by atoms with Gasteiger partial charge in [-0.15, -0.1) is 0 Å². The number of ether oxygens (including phenoxy) is 1. The van der Waals surface area contributed by atoms with E-state index in [1.807, 2.05) is 30.3 Å². The Labute approximate surface area is 142 Å². The molecule has 0 unspecified atom stereocenters. The van der Waals surface area contributed by atoms with Gasteiger partial charge in [-0.25, -0.2) is 0 Å². The number of halogens is 1. The molecule has 1 atom stereocenters. The van der Waals surface area contributed by atoms with Crippen LogP contribution >= 0.6 is 15.9 Å². The first-order valence-corrected chi connectivity index (χ1v) is 7.95. The summed E-state index contributed by atoms with van der Waals surface area (Å²) in [7, 11) is 1.55. The van der Waals surface area contributed by atoms with Crippen molar-refractivity contribution in [2.45, 2.75) is 6.10 Å². The van der Waals surface area contributed by atoms with Gasteiger partial charge in [-0.2, -0.15) is 0 Å². The van der Waals surface area contributed by atoms with Crippen LogP contribution in [0.4, 0.5) is 5.69 Å². The molecule has 0 spiro atoms. The Morgan fingerprint density at radius 2 is 1.87 bits per heavy atom. The van der Waals surface area contributed by atoms with Crippen LogP contribution in [0.5, 0.6) is 5.75 Å². The van der Waals surface area contributed by atoms with Crippen LogP contribution in [0.3, 0.4) is 0 Å². The lowest BCUT2D eigenvalue weighted by molar-refractivity contribution is -0.127. The predicted molar refractivity (Wildman–Crippen MR) is 90.7 cm³/mol. The van der Waals surface area contributed by atoms with Crippen molar-refractivity contribution in [2.75, 3.05) is 18.5 Å². The monoisotopic (exact) mass is 374 g/mol. The first-order chi connectivity index (χ1) is 11.1. The first kappa shape index (κ1) is 15.6. The number of carbonyl (C=O) groups is 2. The highest BCUT2D eigenvalue weighted by Gasteiger charge is 2.34. The van der Waals surface area contributed by atoms with Gasteiger partial charge in [-0.05, 0) is 40.2 Å². The number of benzene rings is 2. The van der Waals surface area contributed by atoms with Gasteiger partial charge in [0.1, 0.15) is 5.75 Å². The largest absolute Gasteiger partial charge is 0.477 e. The average molecular weight is 375 g/mol. The van der Waals surface area contributed by atoms with Crippen molar-refractivity contribution in [3.63, 3.8) is 0 Å². The molecule has 1 heterocycles. The lowest BCUT2D eigenvalue weighted by atomic mass is 10.1. The topological polar surface area (TPSA) is 58.6 Å². The summed E-state index contributed by atoms with van der Waals surface area (Å²) < 4.78 is 6.43. The van der Waals surface area contributed by atoms with E-state index in [2.05, 4.69) is 21.2 Å². The number of hydrogen-bond donors (Lipinski definition) is 1. The summed E-state index contributed by atoms with van der Waals surface area (Å²) in [5.74, 6) is 0.0827. The number of nitrogens with one attached hydrogen (secondary N) is 1. The molecule has 2 aromatic rings. The van der Waals surface area contributed by atoms with E-state index >= 15 is 0 Å². The van der Waals surface area contributed by atoms with Gasteiger partial charge >= 0.3 is 0 Å². The van der Waals surface area contributed by atoms with Crippen molar-refractivity contribution < 1.29 is 14.3 Å². The third-order valence-electron chi connectivity index (χ3n) is 3.66. The Bertz CT molecular complexity index is 763. The zero-order valence-corrected chi connectivity index (χ0v) is 14.0. The van der Waals surface area contributed by atoms with Crippen LogP contribution < -0.4 is 15.0 Å². The Balaban J connectivity index is 2.01. The van der Waals surface area contributed by atoms with E-state index in [0.717, 1.165) is 0 Å². The lowest BCUT2D eigenvalue weighted by Crippen LogP contribution is -2.50. The summed E-state index contributed by atoms with van der Waals surface area (Å²) in [5, 5.41) is 2.56. The van der Waals surface area contributed by atoms with Crippen LogP contribution in [0.2, 0.25) is 0 Å². The number of rotatable bonds is 2. The third-order valence-corrected chi connectivity index (χ3v) is 4.35. The average Bonchev–Trinajstić information content (AvgIpc) is 2.60. The number of anilines is 1. The zero-order valence-electron chi connectivity index (χ0n) is 12.5. The van der Waals surface area contributed by atoms with E-state index in [9.17, 15) is 9.59 Å². The molecule has 5 nitrogen and oxygen atoms in total. The van der Waals surface area contributed by atoms with Crippen molar-refractivity contribution in [3.8, 4) is 5.75 Å². The fourth-order valence-electron chi connectivity index (χ4n) is 2.50. The van der Waals surface area contributed by atoms with Crippen molar-refractivity contribution >= 4 is 33.4 Å². The number of nitrogens with zero attached hydrogens (tertiary/aromatic N) is 1. The van der Waals surface area contributed by atoms with Crippen molar-refractivity contribution in [1.82, 2.24) is 5.32 Å². The molecular formula is C17H15BrN2O3. The first-order valence-electron chi connectivity index (χ1n) is 7.15. The second kappa shape index (κ2) is 6.42. The Hall–Kier alpha value is -2.34. The van der Waals surface area contributed by atoms with E-state index in [0.29, 0.717) is 21.5 Å². The Morgan fingerprint density at radius 1 is 1.17 bits per heavy atom. The molecule has 0 aromatic heterocycles. The second-order valence-corrected chi connectivity index (χ2v) is 5.94. The number of likely N-dealkylation sites (N-methyl/N-ethyl adjacent to an activating group) is 1. The second-order valence-electron chi connectivity index (χ2n) is 5.08. The predicted octanol–water partition coefficient (Wildman–Crippen LogP) is 2.60. The fourth-order valence-corrected chi connectivity index (χ4v) is 2.96. The molecule has 0 aliphatic carbocycles. The van der Waals surface area contributed by atoms with Crippen LogP contribution in [0.15, 0.2) is 53.0 Å². The van der Waals surface area contributed by atoms with Gasteiger partial charge in [0.2, 0.25) is 0 Å². The summed E-state index contributed by atoms with van der Waals surface area (Å²) in [5.41, 5.74) is 1.20. The molecule has 118 valence electrons. The number of hydrogen-bond acceptors (Lipinski definition) is 3. The van der Waals surface area contributed by atoms with Crippen LogP contribution in [-0.2, 0) is 4.79 Å². The quantitative estimate of drug-likeness (QED) is 0.878. The van der Waals surface area contributed by atoms with E-state index in [1.54, 1.807) is 30.1 Å². The number of fused-ring (bicyclic) bond motifs is 1. The molecule has 0 bridgehead atoms. The van der Waals surface area contributed by atoms with Crippen LogP contribution in [0, 0.1) is 0 Å². The Morgan fingerprint density at radius 3 is 2.61 bits per heavy atom.